The Bertz CT molecular complexity index is 1090. The molecule has 0 heterocycles. The molecule has 55 heavy (non-hydrogen) atoms. The predicted octanol–water partition coefficient (Wildman–Crippen LogP) is 12.5. The van der Waals surface area contributed by atoms with Crippen molar-refractivity contribution in [3.8, 4) is 0 Å². The van der Waals surface area contributed by atoms with Crippen molar-refractivity contribution in [3.63, 3.8) is 0 Å². The number of carbonyl (C=O) groups is 2. The SMILES string of the molecule is CCC=CCC=CCC=CCC=CCC=CCCCC(=O)OC[C@H](COP(=O)(O)OCCN)OC(=O)CCCCCCCCCCCCCCCCCCC. The molecule has 3 N–H and O–H groups in total. The summed E-state index contributed by atoms with van der Waals surface area (Å²) in [5, 5.41) is 0. The number of rotatable bonds is 40. The molecule has 0 spiro atoms. The Morgan fingerprint density at radius 3 is 1.47 bits per heavy atom. The number of ether oxygens (including phenoxy) is 2. The average Bonchev–Trinajstić information content (AvgIpc) is 3.17. The first-order valence-corrected chi connectivity index (χ1v) is 23.3. The molecule has 0 aromatic rings. The molecule has 0 aromatic carbocycles. The third-order valence-corrected chi connectivity index (χ3v) is 9.90. The predicted molar refractivity (Wildman–Crippen MR) is 229 cm³/mol. The maximum atomic E-state index is 12.6. The molecule has 0 saturated heterocycles. The molecule has 0 aromatic heterocycles. The van der Waals surface area contributed by atoms with Crippen LogP contribution in [0.25, 0.3) is 0 Å². The molecule has 318 valence electrons. The molecule has 9 nitrogen and oxygen atoms in total. The minimum Gasteiger partial charge on any atom is -0.462 e. The lowest BCUT2D eigenvalue weighted by Crippen LogP contribution is -2.29. The molecule has 10 heteroatoms. The highest BCUT2D eigenvalue weighted by atomic mass is 31.2. The van der Waals surface area contributed by atoms with Gasteiger partial charge in [-0.25, -0.2) is 4.57 Å². The Kier molecular flexibility index (Phi) is 39.6. The van der Waals surface area contributed by atoms with Gasteiger partial charge in [0, 0.05) is 19.4 Å². The van der Waals surface area contributed by atoms with Gasteiger partial charge in [-0.3, -0.25) is 18.6 Å². The van der Waals surface area contributed by atoms with Gasteiger partial charge in [0.05, 0.1) is 13.2 Å². The van der Waals surface area contributed by atoms with E-state index in [1.54, 1.807) is 0 Å². The van der Waals surface area contributed by atoms with Gasteiger partial charge in [0.25, 0.3) is 0 Å². The smallest absolute Gasteiger partial charge is 0.462 e. The molecular weight excluding hydrogens is 713 g/mol. The van der Waals surface area contributed by atoms with Crippen LogP contribution in [0.3, 0.4) is 0 Å². The van der Waals surface area contributed by atoms with E-state index >= 15 is 0 Å². The van der Waals surface area contributed by atoms with Gasteiger partial charge in [-0.1, -0.05) is 177 Å². The van der Waals surface area contributed by atoms with Gasteiger partial charge in [-0.2, -0.15) is 0 Å². The van der Waals surface area contributed by atoms with E-state index < -0.39 is 32.5 Å². The van der Waals surface area contributed by atoms with Crippen LogP contribution in [0.4, 0.5) is 0 Å². The fraction of sp³-hybridized carbons (Fsp3) is 0.733. The zero-order valence-electron chi connectivity index (χ0n) is 34.9. The van der Waals surface area contributed by atoms with E-state index in [4.69, 9.17) is 24.3 Å². The van der Waals surface area contributed by atoms with Gasteiger partial charge in [0.15, 0.2) is 6.10 Å². The average molecular weight is 794 g/mol. The standard InChI is InChI=1S/C45H80NO8P/c1-3-5-7-9-11-13-15-17-19-21-23-25-27-29-31-33-35-37-44(47)51-41-43(42-53-55(49,50)52-40-39-46)54-45(48)38-36-34-32-30-28-26-24-22-20-18-16-14-12-10-8-6-4-2/h5,7,11,13,17,19,23,25,29,31,43H,3-4,6,8-10,12,14-16,18,20-22,24,26-28,30,32-42,46H2,1-2H3,(H,49,50)/t43-/m1/s1. The van der Waals surface area contributed by atoms with Crippen molar-refractivity contribution in [1.29, 1.82) is 0 Å². The Labute approximate surface area is 336 Å². The monoisotopic (exact) mass is 794 g/mol. The van der Waals surface area contributed by atoms with Crippen molar-refractivity contribution < 1.29 is 37.6 Å². The topological polar surface area (TPSA) is 134 Å². The van der Waals surface area contributed by atoms with Crippen molar-refractivity contribution >= 4 is 19.8 Å². The van der Waals surface area contributed by atoms with Crippen LogP contribution in [0.15, 0.2) is 60.8 Å². The van der Waals surface area contributed by atoms with Crippen molar-refractivity contribution in [2.75, 3.05) is 26.4 Å². The summed E-state index contributed by atoms with van der Waals surface area (Å²) in [5.74, 6) is -0.896. The summed E-state index contributed by atoms with van der Waals surface area (Å²) in [6, 6.07) is 0. The molecule has 0 saturated carbocycles. The number of allylic oxidation sites excluding steroid dienone is 10. The van der Waals surface area contributed by atoms with Crippen LogP contribution in [0.1, 0.15) is 181 Å². The first-order chi connectivity index (χ1) is 26.8. The molecule has 0 amide bonds. The van der Waals surface area contributed by atoms with E-state index in [9.17, 15) is 19.0 Å². The largest absolute Gasteiger partial charge is 0.472 e. The summed E-state index contributed by atoms with van der Waals surface area (Å²) in [5.41, 5.74) is 5.34. The Morgan fingerprint density at radius 1 is 0.564 bits per heavy atom. The highest BCUT2D eigenvalue weighted by Crippen LogP contribution is 2.43. The summed E-state index contributed by atoms with van der Waals surface area (Å²) in [6.07, 6.45) is 48.3. The molecule has 0 bridgehead atoms. The molecule has 0 rings (SSSR count). The second kappa shape index (κ2) is 41.3. The van der Waals surface area contributed by atoms with Gasteiger partial charge in [-0.05, 0) is 51.4 Å². The van der Waals surface area contributed by atoms with Crippen molar-refractivity contribution in [1.82, 2.24) is 0 Å². The maximum absolute atomic E-state index is 12.6. The number of nitrogens with two attached hydrogens (primary N) is 1. The summed E-state index contributed by atoms with van der Waals surface area (Å²) in [6.45, 7) is 3.56. The third-order valence-electron chi connectivity index (χ3n) is 8.92. The zero-order valence-corrected chi connectivity index (χ0v) is 35.8. The third kappa shape index (κ3) is 41.2. The summed E-state index contributed by atoms with van der Waals surface area (Å²) >= 11 is 0. The van der Waals surface area contributed by atoms with Crippen LogP contribution in [0.2, 0.25) is 0 Å². The lowest BCUT2D eigenvalue weighted by Gasteiger charge is -2.19. The van der Waals surface area contributed by atoms with Crippen molar-refractivity contribution in [3.05, 3.63) is 60.8 Å². The van der Waals surface area contributed by atoms with E-state index in [-0.39, 0.29) is 32.6 Å². The van der Waals surface area contributed by atoms with Crippen LogP contribution in [0.5, 0.6) is 0 Å². The van der Waals surface area contributed by atoms with Gasteiger partial charge in [0.1, 0.15) is 6.61 Å². The number of phosphoric ester groups is 1. The lowest BCUT2D eigenvalue weighted by atomic mass is 10.0. The van der Waals surface area contributed by atoms with Gasteiger partial charge < -0.3 is 20.1 Å². The van der Waals surface area contributed by atoms with Crippen LogP contribution in [0, 0.1) is 0 Å². The first kappa shape index (κ1) is 52.7. The van der Waals surface area contributed by atoms with Crippen LogP contribution < -0.4 is 5.73 Å². The number of esters is 2. The van der Waals surface area contributed by atoms with Crippen molar-refractivity contribution in [2.24, 2.45) is 5.73 Å². The van der Waals surface area contributed by atoms with Crippen LogP contribution >= 0.6 is 7.82 Å². The fourth-order valence-corrected chi connectivity index (χ4v) is 6.49. The van der Waals surface area contributed by atoms with E-state index in [0.29, 0.717) is 12.8 Å². The minimum atomic E-state index is -4.39. The normalized spacial score (nSPS) is 13.9. The Hall–Kier alpha value is -2.29. The molecule has 0 radical (unpaired) electrons. The number of hydrogen-bond donors (Lipinski definition) is 2. The molecule has 0 fully saturated rings. The number of carbonyl (C=O) groups excluding carboxylic acids is 2. The zero-order chi connectivity index (χ0) is 40.3. The second-order valence-corrected chi connectivity index (χ2v) is 15.6. The van der Waals surface area contributed by atoms with Crippen LogP contribution in [-0.4, -0.2) is 49.3 Å². The van der Waals surface area contributed by atoms with Crippen LogP contribution in [-0.2, 0) is 32.7 Å². The molecule has 0 aliphatic heterocycles. The minimum absolute atomic E-state index is 0.0446. The Morgan fingerprint density at radius 2 is 1.00 bits per heavy atom. The molecule has 0 aliphatic carbocycles. The molecule has 2 atom stereocenters. The summed E-state index contributed by atoms with van der Waals surface area (Å²) in [7, 11) is -4.39. The molecule has 0 aliphatic rings. The maximum Gasteiger partial charge on any atom is 0.472 e. The van der Waals surface area contributed by atoms with E-state index in [2.05, 4.69) is 68.5 Å². The highest BCUT2D eigenvalue weighted by Gasteiger charge is 2.25. The summed E-state index contributed by atoms with van der Waals surface area (Å²) < 4.78 is 32.7. The van der Waals surface area contributed by atoms with E-state index in [0.717, 1.165) is 57.8 Å². The number of hydrogen-bond acceptors (Lipinski definition) is 8. The molecule has 1 unspecified atom stereocenters. The van der Waals surface area contributed by atoms with Crippen molar-refractivity contribution in [2.45, 2.75) is 187 Å². The van der Waals surface area contributed by atoms with E-state index in [1.165, 1.54) is 83.5 Å². The Balaban J connectivity index is 4.23. The van der Waals surface area contributed by atoms with E-state index in [1.807, 2.05) is 6.08 Å². The fourth-order valence-electron chi connectivity index (χ4n) is 5.73. The van der Waals surface area contributed by atoms with Gasteiger partial charge >= 0.3 is 19.8 Å². The second-order valence-electron chi connectivity index (χ2n) is 14.2. The molecular formula is C45H80NO8P. The summed E-state index contributed by atoms with van der Waals surface area (Å²) in [4.78, 5) is 34.8. The van der Waals surface area contributed by atoms with Gasteiger partial charge in [0.2, 0.25) is 0 Å². The number of unbranched alkanes of at least 4 members (excludes halogenated alkanes) is 17. The lowest BCUT2D eigenvalue weighted by molar-refractivity contribution is -0.161. The first-order valence-electron chi connectivity index (χ1n) is 21.8. The quantitative estimate of drug-likeness (QED) is 0.0269. The highest BCUT2D eigenvalue weighted by molar-refractivity contribution is 7.47. The van der Waals surface area contributed by atoms with Gasteiger partial charge in [-0.15, -0.1) is 0 Å². The number of phosphoric acid groups is 1.